The number of hydrogen-bond donors (Lipinski definition) is 4. The minimum atomic E-state index is -0.533. The van der Waals surface area contributed by atoms with Crippen molar-refractivity contribution in [2.75, 3.05) is 52.6 Å². The average Bonchev–Trinajstić information content (AvgIpc) is 2.91. The van der Waals surface area contributed by atoms with E-state index in [1.165, 1.54) is 0 Å². The van der Waals surface area contributed by atoms with Crippen molar-refractivity contribution in [3.8, 4) is 6.07 Å². The molecule has 2 aromatic carbocycles. The summed E-state index contributed by atoms with van der Waals surface area (Å²) in [5, 5.41) is 29.1. The normalized spacial score (nSPS) is 20.0. The van der Waals surface area contributed by atoms with E-state index in [0.29, 0.717) is 11.1 Å². The lowest BCUT2D eigenvalue weighted by atomic mass is 9.81. The topological polar surface area (TPSA) is 131 Å². The van der Waals surface area contributed by atoms with Crippen LogP contribution in [0.3, 0.4) is 0 Å². The van der Waals surface area contributed by atoms with Crippen LogP contribution < -0.4 is 21.7 Å². The van der Waals surface area contributed by atoms with Gasteiger partial charge in [-0.25, -0.2) is 0 Å². The number of nitrogens with two attached hydrogens (primary N) is 2. The van der Waals surface area contributed by atoms with E-state index in [4.69, 9.17) is 27.4 Å². The van der Waals surface area contributed by atoms with E-state index in [1.807, 2.05) is 42.5 Å². The molecule has 9 heteroatoms. The maximum absolute atomic E-state index is 9.48. The second-order valence-electron chi connectivity index (χ2n) is 7.76. The number of nitriles is 1. The summed E-state index contributed by atoms with van der Waals surface area (Å²) in [4.78, 5) is 0.275. The number of benzene rings is 2. The van der Waals surface area contributed by atoms with Crippen LogP contribution in [-0.4, -0.2) is 63.5 Å². The summed E-state index contributed by atoms with van der Waals surface area (Å²) in [7, 11) is 0. The van der Waals surface area contributed by atoms with Gasteiger partial charge in [-0.15, -0.1) is 0 Å². The summed E-state index contributed by atoms with van der Waals surface area (Å²) in [5.74, 6) is 1.80. The number of morpholine rings is 2. The first-order valence-electron chi connectivity index (χ1n) is 11.3. The van der Waals surface area contributed by atoms with Crippen molar-refractivity contribution in [3.05, 3.63) is 70.4 Å². The molecule has 0 amide bonds. The molecule has 0 spiro atoms. The van der Waals surface area contributed by atoms with E-state index < -0.39 is 5.92 Å². The number of rotatable bonds is 1. The van der Waals surface area contributed by atoms with Crippen molar-refractivity contribution in [3.63, 3.8) is 0 Å². The highest BCUT2D eigenvalue weighted by Gasteiger charge is 2.31. The van der Waals surface area contributed by atoms with Gasteiger partial charge in [-0.3, -0.25) is 5.87 Å². The summed E-state index contributed by atoms with van der Waals surface area (Å²) in [6, 6.07) is 15.7. The lowest BCUT2D eigenvalue weighted by Gasteiger charge is -2.28. The molecule has 0 saturated carbocycles. The van der Waals surface area contributed by atoms with Crippen molar-refractivity contribution in [2.45, 2.75) is 5.92 Å². The largest absolute Gasteiger partial charge is 0.763 e. The Kier molecular flexibility index (Phi) is 10.2. The maximum atomic E-state index is 9.48. The van der Waals surface area contributed by atoms with E-state index in [9.17, 15) is 10.7 Å². The van der Waals surface area contributed by atoms with Crippen LogP contribution in [0.1, 0.15) is 11.5 Å². The fraction of sp³-hybridized carbons (Fsp3) is 0.360. The zero-order valence-corrected chi connectivity index (χ0v) is 19.9. The average molecular weight is 479 g/mol. The van der Waals surface area contributed by atoms with Gasteiger partial charge in [0, 0.05) is 18.7 Å². The Balaban J connectivity index is 0.000000219. The first-order chi connectivity index (χ1) is 16.7. The number of fused-ring (bicyclic) bond motifs is 1. The molecular formula is C25H30N6O2S. The zero-order valence-electron chi connectivity index (χ0n) is 19.0. The summed E-state index contributed by atoms with van der Waals surface area (Å²) < 4.78 is 10.0. The molecule has 5 rings (SSSR count). The van der Waals surface area contributed by atoms with Gasteiger partial charge >= 0.3 is 0 Å². The van der Waals surface area contributed by atoms with Crippen LogP contribution >= 0.6 is 12.2 Å². The van der Waals surface area contributed by atoms with E-state index in [-0.39, 0.29) is 10.8 Å². The highest BCUT2D eigenvalue weighted by atomic mass is 32.1. The molecule has 178 valence electrons. The lowest BCUT2D eigenvalue weighted by molar-refractivity contribution is -0.670. The van der Waals surface area contributed by atoms with Crippen LogP contribution in [0.2, 0.25) is 0 Å². The van der Waals surface area contributed by atoms with Gasteiger partial charge in [0.1, 0.15) is 10.8 Å². The zero-order chi connectivity index (χ0) is 24.2. The fourth-order valence-corrected chi connectivity index (χ4v) is 4.11. The van der Waals surface area contributed by atoms with Crippen LogP contribution in [0.5, 0.6) is 0 Å². The molecule has 0 radical (unpaired) electrons. The molecule has 3 aliphatic rings. The molecule has 3 aliphatic heterocycles. The van der Waals surface area contributed by atoms with Gasteiger partial charge < -0.3 is 36.6 Å². The number of quaternary nitrogens is 1. The highest BCUT2D eigenvalue weighted by Crippen LogP contribution is 2.37. The van der Waals surface area contributed by atoms with E-state index in [1.54, 1.807) is 0 Å². The molecule has 1 unspecified atom stereocenters. The maximum Gasteiger partial charge on any atom is 0.116 e. The number of thiocarbonyl (C=S) groups is 1. The Labute approximate surface area is 205 Å². The van der Waals surface area contributed by atoms with Crippen molar-refractivity contribution in [1.82, 2.24) is 10.6 Å². The number of hydrogen-bond acceptors (Lipinski definition) is 6. The summed E-state index contributed by atoms with van der Waals surface area (Å²) >= 11 is 5.21. The summed E-state index contributed by atoms with van der Waals surface area (Å²) in [5.41, 5.74) is 7.43. The SMILES string of the molecule is C1COCCN1.C1COCC[NH2+]1.N#CC1=C(N)NC(=S)C(=C=[N-])C1c1cccc2ccccc12. The summed E-state index contributed by atoms with van der Waals surface area (Å²) in [6.45, 7) is 8.03. The standard InChI is InChI=1S/C17H11N4S.2C4H9NO/c18-8-13-15(14(9-19)17(22)21-16(13)20)12-7-3-5-10-4-1-2-6-11(10)12;2*1-3-6-4-2-5-1/h1-7,15H,20H2,(H,21,22);2*5H,1-4H2/q-1;;/p+1. The van der Waals surface area contributed by atoms with Gasteiger partial charge in [-0.05, 0) is 16.3 Å². The Morgan fingerprint density at radius 2 is 1.71 bits per heavy atom. The van der Waals surface area contributed by atoms with E-state index in [2.05, 4.69) is 27.9 Å². The molecule has 2 aromatic rings. The van der Waals surface area contributed by atoms with Gasteiger partial charge in [-0.1, -0.05) is 54.7 Å². The van der Waals surface area contributed by atoms with E-state index >= 15 is 0 Å². The van der Waals surface area contributed by atoms with Crippen molar-refractivity contribution < 1.29 is 14.8 Å². The molecule has 0 aliphatic carbocycles. The molecule has 3 heterocycles. The Hall–Kier alpha value is -3.09. The Bertz CT molecular complexity index is 1070. The number of nitrogens with zero attached hydrogens (tertiary/aromatic N) is 2. The molecule has 1 atom stereocenters. The smallest absolute Gasteiger partial charge is 0.116 e. The van der Waals surface area contributed by atoms with Crippen molar-refractivity contribution >= 4 is 33.8 Å². The molecule has 8 nitrogen and oxygen atoms in total. The van der Waals surface area contributed by atoms with Crippen LogP contribution in [0.15, 0.2) is 59.4 Å². The second-order valence-corrected chi connectivity index (χ2v) is 8.17. The monoisotopic (exact) mass is 478 g/mol. The number of nitrogens with one attached hydrogen (secondary N) is 2. The molecule has 0 bridgehead atoms. The second kappa shape index (κ2) is 13.6. The molecule has 6 N–H and O–H groups in total. The van der Waals surface area contributed by atoms with Gasteiger partial charge in [0.15, 0.2) is 0 Å². The van der Waals surface area contributed by atoms with Crippen molar-refractivity contribution in [1.29, 1.82) is 5.26 Å². The van der Waals surface area contributed by atoms with Crippen LogP contribution in [0.25, 0.3) is 16.2 Å². The molecule has 2 fully saturated rings. The highest BCUT2D eigenvalue weighted by molar-refractivity contribution is 7.80. The summed E-state index contributed by atoms with van der Waals surface area (Å²) in [6.07, 6.45) is 0. The molecular weight excluding hydrogens is 448 g/mol. The third kappa shape index (κ3) is 6.72. The Morgan fingerprint density at radius 1 is 1.03 bits per heavy atom. The molecule has 0 aromatic heterocycles. The number of ether oxygens (including phenoxy) is 2. The first kappa shape index (κ1) is 25.5. The van der Waals surface area contributed by atoms with Crippen LogP contribution in [0, 0.1) is 11.3 Å². The lowest BCUT2D eigenvalue weighted by Crippen LogP contribution is -2.87. The first-order valence-corrected chi connectivity index (χ1v) is 11.7. The van der Waals surface area contributed by atoms with Gasteiger partial charge in [0.2, 0.25) is 0 Å². The minimum absolute atomic E-state index is 0.212. The molecule has 2 saturated heterocycles. The fourth-order valence-electron chi connectivity index (χ4n) is 3.84. The van der Waals surface area contributed by atoms with Crippen LogP contribution in [0.4, 0.5) is 0 Å². The van der Waals surface area contributed by atoms with Gasteiger partial charge in [-0.2, -0.15) is 5.26 Å². The molecule has 34 heavy (non-hydrogen) atoms. The third-order valence-electron chi connectivity index (χ3n) is 5.51. The minimum Gasteiger partial charge on any atom is -0.763 e. The Morgan fingerprint density at radius 3 is 2.24 bits per heavy atom. The quantitative estimate of drug-likeness (QED) is 0.272. The van der Waals surface area contributed by atoms with Crippen LogP contribution in [-0.2, 0) is 9.47 Å². The predicted octanol–water partition coefficient (Wildman–Crippen LogP) is 0.900. The third-order valence-corrected chi connectivity index (χ3v) is 5.84. The number of allylic oxidation sites excluding steroid dienone is 1. The predicted molar refractivity (Wildman–Crippen MR) is 137 cm³/mol. The van der Waals surface area contributed by atoms with Gasteiger partial charge in [0.25, 0.3) is 0 Å². The van der Waals surface area contributed by atoms with Gasteiger partial charge in [0.05, 0.1) is 57.1 Å². The van der Waals surface area contributed by atoms with Crippen molar-refractivity contribution in [2.24, 2.45) is 5.73 Å². The van der Waals surface area contributed by atoms with E-state index in [0.717, 1.165) is 68.9 Å².